The number of nitrogen functional groups attached to an aromatic ring is 1. The van der Waals surface area contributed by atoms with Crippen LogP contribution < -0.4 is 11.1 Å². The van der Waals surface area contributed by atoms with Crippen LogP contribution in [0.5, 0.6) is 0 Å². The van der Waals surface area contributed by atoms with Crippen LogP contribution >= 0.6 is 11.8 Å². The van der Waals surface area contributed by atoms with Gasteiger partial charge in [-0.2, -0.15) is 10.5 Å². The lowest BCUT2D eigenvalue weighted by atomic mass is 9.96. The van der Waals surface area contributed by atoms with E-state index in [-0.39, 0.29) is 29.3 Å². The summed E-state index contributed by atoms with van der Waals surface area (Å²) in [5.74, 6) is 0.292. The van der Waals surface area contributed by atoms with E-state index in [1.165, 1.54) is 11.8 Å². The second-order valence-electron chi connectivity index (χ2n) is 8.18. The number of nitrogens with two attached hydrogens (primary N) is 1. The van der Waals surface area contributed by atoms with E-state index in [4.69, 9.17) is 5.73 Å². The van der Waals surface area contributed by atoms with Gasteiger partial charge < -0.3 is 11.1 Å². The number of amides is 1. The average molecular weight is 493 g/mol. The molecule has 36 heavy (non-hydrogen) atoms. The quantitative estimate of drug-likeness (QED) is 0.321. The van der Waals surface area contributed by atoms with Gasteiger partial charge in [0.1, 0.15) is 28.5 Å². The summed E-state index contributed by atoms with van der Waals surface area (Å²) in [6, 6.07) is 21.5. The van der Waals surface area contributed by atoms with E-state index in [1.54, 1.807) is 0 Å². The molecule has 0 saturated carbocycles. The van der Waals surface area contributed by atoms with E-state index in [2.05, 4.69) is 34.3 Å². The molecule has 0 spiro atoms. The minimum absolute atomic E-state index is 0.0664. The highest BCUT2D eigenvalue weighted by Crippen LogP contribution is 2.36. The summed E-state index contributed by atoms with van der Waals surface area (Å²) in [4.78, 5) is 21.6. The van der Waals surface area contributed by atoms with E-state index in [1.807, 2.05) is 61.5 Å². The number of para-hydroxylation sites is 1. The summed E-state index contributed by atoms with van der Waals surface area (Å²) in [7, 11) is 0. The van der Waals surface area contributed by atoms with Gasteiger partial charge in [0.25, 0.3) is 0 Å². The zero-order chi connectivity index (χ0) is 25.7. The first-order valence-electron chi connectivity index (χ1n) is 11.5. The van der Waals surface area contributed by atoms with Crippen molar-refractivity contribution in [1.82, 2.24) is 9.97 Å². The minimum Gasteiger partial charge on any atom is -0.383 e. The summed E-state index contributed by atoms with van der Waals surface area (Å²) in [5.41, 5.74) is 11.3. The molecule has 0 aliphatic carbocycles. The van der Waals surface area contributed by atoms with Gasteiger partial charge in [0.2, 0.25) is 5.91 Å². The molecule has 1 amide bonds. The van der Waals surface area contributed by atoms with Crippen LogP contribution in [0.15, 0.2) is 59.6 Å². The van der Waals surface area contributed by atoms with Gasteiger partial charge in [-0.25, -0.2) is 4.98 Å². The number of nitrogens with zero attached hydrogens (tertiary/aromatic N) is 4. The summed E-state index contributed by atoms with van der Waals surface area (Å²) < 4.78 is 0. The van der Waals surface area contributed by atoms with Crippen LogP contribution in [-0.2, 0) is 11.2 Å². The standard InChI is InChI=1S/C28H24N6OS/c1-3-18-8-10-19(11-9-18)26-21(15-29)27(31)34-28(22(26)16-30)36-13-12-25(35)33-24-14-17(2)32-23-7-5-4-6-20(23)24/h4-11,14H,3,12-13H2,1-2H3,(H2,31,34)(H,32,33,35). The SMILES string of the molecule is CCc1ccc(-c2c(C#N)c(N)nc(SCCC(=O)Nc3cc(C)nc4ccccc34)c2C#N)cc1. The Balaban J connectivity index is 1.55. The number of carbonyl (C=O) groups excluding carboxylic acids is 1. The van der Waals surface area contributed by atoms with Gasteiger partial charge in [-0.05, 0) is 36.6 Å². The zero-order valence-corrected chi connectivity index (χ0v) is 20.8. The highest BCUT2D eigenvalue weighted by atomic mass is 32.2. The van der Waals surface area contributed by atoms with E-state index in [9.17, 15) is 15.3 Å². The molecule has 8 heteroatoms. The smallest absolute Gasteiger partial charge is 0.225 e. The molecule has 7 nitrogen and oxygen atoms in total. The summed E-state index contributed by atoms with van der Waals surface area (Å²) in [6.07, 6.45) is 1.08. The van der Waals surface area contributed by atoms with Gasteiger partial charge in [-0.3, -0.25) is 9.78 Å². The predicted molar refractivity (Wildman–Crippen MR) is 143 cm³/mol. The summed E-state index contributed by atoms with van der Waals surface area (Å²) >= 11 is 1.27. The molecular formula is C28H24N6OS. The molecule has 2 aromatic carbocycles. The molecule has 0 radical (unpaired) electrons. The Labute approximate surface area is 214 Å². The van der Waals surface area contributed by atoms with Crippen molar-refractivity contribution >= 4 is 40.1 Å². The number of nitriles is 2. The van der Waals surface area contributed by atoms with Crippen LogP contribution in [0, 0.1) is 29.6 Å². The number of benzene rings is 2. The van der Waals surface area contributed by atoms with Gasteiger partial charge >= 0.3 is 0 Å². The molecule has 178 valence electrons. The first kappa shape index (κ1) is 24.7. The second kappa shape index (κ2) is 10.9. The number of hydrogen-bond acceptors (Lipinski definition) is 7. The number of anilines is 2. The molecule has 0 aliphatic rings. The number of hydrogen-bond donors (Lipinski definition) is 2. The van der Waals surface area contributed by atoms with Crippen LogP contribution in [0.3, 0.4) is 0 Å². The van der Waals surface area contributed by atoms with Crippen LogP contribution in [-0.4, -0.2) is 21.6 Å². The Bertz CT molecular complexity index is 1530. The number of thioether (sulfide) groups is 1. The topological polar surface area (TPSA) is 128 Å². The fourth-order valence-electron chi connectivity index (χ4n) is 3.96. The van der Waals surface area contributed by atoms with Crippen molar-refractivity contribution in [2.24, 2.45) is 0 Å². The van der Waals surface area contributed by atoms with Crippen LogP contribution in [0.4, 0.5) is 11.5 Å². The largest absolute Gasteiger partial charge is 0.383 e. The maximum absolute atomic E-state index is 12.7. The fraction of sp³-hybridized carbons (Fsp3) is 0.179. The maximum atomic E-state index is 12.7. The van der Waals surface area contributed by atoms with Gasteiger partial charge in [0, 0.05) is 28.8 Å². The Morgan fingerprint density at radius 1 is 1.06 bits per heavy atom. The first-order chi connectivity index (χ1) is 17.4. The number of aryl methyl sites for hydroxylation is 2. The van der Waals surface area contributed by atoms with Crippen molar-refractivity contribution in [1.29, 1.82) is 10.5 Å². The summed E-state index contributed by atoms with van der Waals surface area (Å²) in [6.45, 7) is 3.94. The van der Waals surface area contributed by atoms with Gasteiger partial charge in [-0.1, -0.05) is 49.4 Å². The lowest BCUT2D eigenvalue weighted by Crippen LogP contribution is -2.13. The van der Waals surface area contributed by atoms with Gasteiger partial charge in [0.15, 0.2) is 0 Å². The molecule has 2 heterocycles. The average Bonchev–Trinajstić information content (AvgIpc) is 2.88. The van der Waals surface area contributed by atoms with E-state index in [0.29, 0.717) is 22.0 Å². The third kappa shape index (κ3) is 5.14. The van der Waals surface area contributed by atoms with E-state index < -0.39 is 0 Å². The normalized spacial score (nSPS) is 10.6. The lowest BCUT2D eigenvalue weighted by Gasteiger charge is -2.13. The Kier molecular flexibility index (Phi) is 7.48. The number of nitrogens with one attached hydrogen (secondary N) is 1. The Hall–Kier alpha value is -4.40. The van der Waals surface area contributed by atoms with E-state index >= 15 is 0 Å². The number of aromatic nitrogens is 2. The predicted octanol–water partition coefficient (Wildman–Crippen LogP) is 5.61. The molecule has 0 saturated heterocycles. The zero-order valence-electron chi connectivity index (χ0n) is 20.0. The second-order valence-corrected chi connectivity index (χ2v) is 9.26. The molecule has 4 rings (SSSR count). The molecule has 2 aromatic heterocycles. The molecule has 4 aromatic rings. The number of fused-ring (bicyclic) bond motifs is 1. The van der Waals surface area contributed by atoms with Crippen molar-refractivity contribution in [2.75, 3.05) is 16.8 Å². The van der Waals surface area contributed by atoms with Crippen LogP contribution in [0.1, 0.15) is 35.7 Å². The maximum Gasteiger partial charge on any atom is 0.225 e. The monoisotopic (exact) mass is 492 g/mol. The Morgan fingerprint density at radius 3 is 2.47 bits per heavy atom. The number of rotatable bonds is 7. The highest BCUT2D eigenvalue weighted by Gasteiger charge is 2.21. The highest BCUT2D eigenvalue weighted by molar-refractivity contribution is 7.99. The third-order valence-corrected chi connectivity index (χ3v) is 6.73. The van der Waals surface area contributed by atoms with Crippen molar-refractivity contribution in [3.63, 3.8) is 0 Å². The molecule has 0 aliphatic heterocycles. The molecule has 0 fully saturated rings. The molecule has 0 atom stereocenters. The molecule has 3 N–H and O–H groups in total. The molecule has 0 unspecified atom stereocenters. The van der Waals surface area contributed by atoms with Crippen LogP contribution in [0.25, 0.3) is 22.0 Å². The fourth-order valence-corrected chi connectivity index (χ4v) is 4.90. The van der Waals surface area contributed by atoms with Crippen molar-refractivity contribution in [3.8, 4) is 23.3 Å². The minimum atomic E-state index is -0.159. The van der Waals surface area contributed by atoms with Crippen molar-refractivity contribution in [2.45, 2.75) is 31.7 Å². The van der Waals surface area contributed by atoms with Crippen molar-refractivity contribution < 1.29 is 4.79 Å². The summed E-state index contributed by atoms with van der Waals surface area (Å²) in [5, 5.41) is 23.9. The van der Waals surface area contributed by atoms with Crippen molar-refractivity contribution in [3.05, 3.63) is 77.0 Å². The Morgan fingerprint density at radius 2 is 1.78 bits per heavy atom. The van der Waals surface area contributed by atoms with E-state index in [0.717, 1.165) is 34.1 Å². The number of carbonyl (C=O) groups is 1. The lowest BCUT2D eigenvalue weighted by molar-refractivity contribution is -0.115. The number of pyridine rings is 2. The third-order valence-electron chi connectivity index (χ3n) is 5.75. The first-order valence-corrected chi connectivity index (χ1v) is 12.5. The van der Waals surface area contributed by atoms with Crippen LogP contribution in [0.2, 0.25) is 0 Å². The molecular weight excluding hydrogens is 468 g/mol. The van der Waals surface area contributed by atoms with Gasteiger partial charge in [0.05, 0.1) is 16.8 Å². The van der Waals surface area contributed by atoms with Gasteiger partial charge in [-0.15, -0.1) is 11.8 Å². The molecule has 0 bridgehead atoms.